The molecule has 0 saturated heterocycles. The van der Waals surface area contributed by atoms with Crippen LogP contribution in [0.2, 0.25) is 0 Å². The largest absolute Gasteiger partial charge is 0.350 e. The third-order valence-electron chi connectivity index (χ3n) is 6.88. The molecule has 1 atom stereocenters. The van der Waals surface area contributed by atoms with E-state index < -0.39 is 34.1 Å². The van der Waals surface area contributed by atoms with Crippen molar-refractivity contribution in [3.8, 4) is 0 Å². The fourth-order valence-corrected chi connectivity index (χ4v) is 5.64. The molecular formula is C33H43N3O4S. The van der Waals surface area contributed by atoms with E-state index >= 15 is 0 Å². The Bertz CT molecular complexity index is 1450. The maximum atomic E-state index is 14.3. The minimum Gasteiger partial charge on any atom is -0.350 e. The molecule has 0 saturated carbocycles. The van der Waals surface area contributed by atoms with Crippen molar-refractivity contribution in [3.63, 3.8) is 0 Å². The zero-order valence-electron chi connectivity index (χ0n) is 25.2. The van der Waals surface area contributed by atoms with Gasteiger partial charge in [0.2, 0.25) is 21.8 Å². The Morgan fingerprint density at radius 3 is 2.05 bits per heavy atom. The molecule has 3 rings (SSSR count). The lowest BCUT2D eigenvalue weighted by Gasteiger charge is -2.35. The van der Waals surface area contributed by atoms with Crippen LogP contribution in [0.4, 0.5) is 5.69 Å². The van der Waals surface area contributed by atoms with Gasteiger partial charge in [-0.1, -0.05) is 86.6 Å². The van der Waals surface area contributed by atoms with Crippen molar-refractivity contribution >= 4 is 27.5 Å². The van der Waals surface area contributed by atoms with Gasteiger partial charge in [0.1, 0.15) is 12.6 Å². The Balaban J connectivity index is 2.12. The minimum absolute atomic E-state index is 0.0389. The van der Waals surface area contributed by atoms with Crippen molar-refractivity contribution in [2.45, 2.75) is 72.0 Å². The highest BCUT2D eigenvalue weighted by Gasteiger charge is 2.35. The molecular weight excluding hydrogens is 534 g/mol. The Kier molecular flexibility index (Phi) is 10.4. The van der Waals surface area contributed by atoms with Gasteiger partial charge in [-0.25, -0.2) is 8.42 Å². The number of para-hydroxylation sites is 1. The van der Waals surface area contributed by atoms with Crippen molar-refractivity contribution in [1.29, 1.82) is 0 Å². The number of anilines is 1. The van der Waals surface area contributed by atoms with Crippen molar-refractivity contribution < 1.29 is 18.0 Å². The molecule has 0 aliphatic heterocycles. The van der Waals surface area contributed by atoms with Crippen molar-refractivity contribution in [2.75, 3.05) is 17.1 Å². The summed E-state index contributed by atoms with van der Waals surface area (Å²) in [5, 5.41) is 3.05. The van der Waals surface area contributed by atoms with Crippen molar-refractivity contribution in [3.05, 3.63) is 101 Å². The predicted molar refractivity (Wildman–Crippen MR) is 166 cm³/mol. The highest BCUT2D eigenvalue weighted by atomic mass is 32.2. The average molecular weight is 578 g/mol. The molecule has 0 unspecified atom stereocenters. The summed E-state index contributed by atoms with van der Waals surface area (Å²) >= 11 is 0. The number of nitrogens with one attached hydrogen (secondary N) is 1. The molecule has 0 heterocycles. The van der Waals surface area contributed by atoms with Gasteiger partial charge in [-0.2, -0.15) is 0 Å². The molecule has 0 aromatic heterocycles. The van der Waals surface area contributed by atoms with Crippen LogP contribution in [0.5, 0.6) is 0 Å². The second-order valence-electron chi connectivity index (χ2n) is 11.9. The summed E-state index contributed by atoms with van der Waals surface area (Å²) in [6.07, 6.45) is 1.39. The van der Waals surface area contributed by atoms with Crippen LogP contribution in [0.1, 0.15) is 62.8 Å². The number of hydrogen-bond acceptors (Lipinski definition) is 4. The summed E-state index contributed by atoms with van der Waals surface area (Å²) < 4.78 is 27.4. The minimum atomic E-state index is -3.83. The van der Waals surface area contributed by atoms with E-state index in [1.165, 1.54) is 4.90 Å². The number of carbonyl (C=O) groups is 2. The molecule has 41 heavy (non-hydrogen) atoms. The first kappa shape index (κ1) is 31.9. The smallest absolute Gasteiger partial charge is 0.244 e. The third-order valence-corrected chi connectivity index (χ3v) is 8.00. The van der Waals surface area contributed by atoms with Crippen LogP contribution in [0.15, 0.2) is 78.9 Å². The van der Waals surface area contributed by atoms with Gasteiger partial charge in [0.15, 0.2) is 0 Å². The van der Waals surface area contributed by atoms with Crippen LogP contribution >= 0.6 is 0 Å². The lowest BCUT2D eigenvalue weighted by atomic mass is 9.99. The number of rotatable bonds is 11. The van der Waals surface area contributed by atoms with Crippen LogP contribution in [-0.4, -0.2) is 49.5 Å². The maximum Gasteiger partial charge on any atom is 0.244 e. The summed E-state index contributed by atoms with van der Waals surface area (Å²) in [6.45, 7) is 11.3. The van der Waals surface area contributed by atoms with E-state index in [2.05, 4.69) is 5.32 Å². The number of carbonyl (C=O) groups excluding carboxylic acids is 2. The monoisotopic (exact) mass is 577 g/mol. The molecule has 2 amide bonds. The quantitative estimate of drug-likeness (QED) is 0.329. The number of sulfonamides is 1. The first-order chi connectivity index (χ1) is 19.2. The Morgan fingerprint density at radius 2 is 1.46 bits per heavy atom. The predicted octanol–water partition coefficient (Wildman–Crippen LogP) is 5.44. The molecule has 220 valence electrons. The SMILES string of the molecule is Cc1ccccc1CN(C(=O)CN(c1ccccc1C(C)C)S(C)(=O)=O)[C@H](Cc1ccccc1)C(=O)NC(C)(C)C. The van der Waals surface area contributed by atoms with Gasteiger partial charge in [-0.15, -0.1) is 0 Å². The van der Waals surface area contributed by atoms with Gasteiger partial charge >= 0.3 is 0 Å². The Morgan fingerprint density at radius 1 is 0.878 bits per heavy atom. The van der Waals surface area contributed by atoms with Crippen molar-refractivity contribution in [2.24, 2.45) is 0 Å². The van der Waals surface area contributed by atoms with Crippen molar-refractivity contribution in [1.82, 2.24) is 10.2 Å². The second-order valence-corrected chi connectivity index (χ2v) is 13.8. The number of amides is 2. The van der Waals surface area contributed by atoms with Crippen LogP contribution in [-0.2, 0) is 32.6 Å². The van der Waals surface area contributed by atoms with E-state index in [9.17, 15) is 18.0 Å². The summed E-state index contributed by atoms with van der Waals surface area (Å²) in [4.78, 5) is 29.7. The van der Waals surface area contributed by atoms with E-state index in [1.807, 2.05) is 108 Å². The Hall–Kier alpha value is -3.65. The molecule has 0 aliphatic carbocycles. The van der Waals surface area contributed by atoms with Crippen LogP contribution in [0, 0.1) is 6.92 Å². The molecule has 7 nitrogen and oxygen atoms in total. The molecule has 0 aliphatic rings. The average Bonchev–Trinajstić information content (AvgIpc) is 2.89. The Labute approximate surface area is 245 Å². The highest BCUT2D eigenvalue weighted by molar-refractivity contribution is 7.92. The van der Waals surface area contributed by atoms with E-state index in [4.69, 9.17) is 0 Å². The fourth-order valence-electron chi connectivity index (χ4n) is 4.78. The van der Waals surface area contributed by atoms with Crippen LogP contribution < -0.4 is 9.62 Å². The topological polar surface area (TPSA) is 86.8 Å². The molecule has 0 fully saturated rings. The first-order valence-electron chi connectivity index (χ1n) is 13.9. The zero-order valence-corrected chi connectivity index (χ0v) is 26.0. The first-order valence-corrected chi connectivity index (χ1v) is 15.8. The summed E-state index contributed by atoms with van der Waals surface area (Å²) in [5.41, 5.74) is 3.52. The zero-order chi connectivity index (χ0) is 30.4. The van der Waals surface area contributed by atoms with Gasteiger partial charge in [0.25, 0.3) is 0 Å². The van der Waals surface area contributed by atoms with E-state index in [0.29, 0.717) is 5.69 Å². The van der Waals surface area contributed by atoms with E-state index in [1.54, 1.807) is 12.1 Å². The maximum absolute atomic E-state index is 14.3. The lowest BCUT2D eigenvalue weighted by molar-refractivity contribution is -0.140. The standard InChI is InChI=1S/C33H43N3O4S/c1-24(2)28-19-13-14-20-29(28)36(41(7,39)40)23-31(37)35(22-27-18-12-11-15-25(27)3)30(32(38)34-33(4,5)6)21-26-16-9-8-10-17-26/h8-20,24,30H,21-23H2,1-7H3,(H,34,38)/t30-/m1/s1. The molecule has 3 aromatic carbocycles. The van der Waals surface area contributed by atoms with Crippen LogP contribution in [0.3, 0.4) is 0 Å². The molecule has 3 aromatic rings. The highest BCUT2D eigenvalue weighted by Crippen LogP contribution is 2.29. The summed E-state index contributed by atoms with van der Waals surface area (Å²) in [5.74, 6) is -0.712. The molecule has 8 heteroatoms. The molecule has 1 N–H and O–H groups in total. The molecule has 0 radical (unpaired) electrons. The van der Waals surface area contributed by atoms with E-state index in [0.717, 1.165) is 32.8 Å². The molecule has 0 spiro atoms. The lowest BCUT2D eigenvalue weighted by Crippen LogP contribution is -2.56. The van der Waals surface area contributed by atoms with E-state index in [-0.39, 0.29) is 24.8 Å². The van der Waals surface area contributed by atoms with Gasteiger partial charge in [0.05, 0.1) is 11.9 Å². The van der Waals surface area contributed by atoms with Gasteiger partial charge < -0.3 is 10.2 Å². The van der Waals surface area contributed by atoms with Gasteiger partial charge in [-0.3, -0.25) is 13.9 Å². The summed E-state index contributed by atoms with van der Waals surface area (Å²) in [6, 6.07) is 23.6. The second kappa shape index (κ2) is 13.3. The third kappa shape index (κ3) is 8.92. The normalized spacial score (nSPS) is 12.6. The van der Waals surface area contributed by atoms with Crippen LogP contribution in [0.25, 0.3) is 0 Å². The summed E-state index contributed by atoms with van der Waals surface area (Å²) in [7, 11) is -3.83. The number of hydrogen-bond donors (Lipinski definition) is 1. The molecule has 0 bridgehead atoms. The van der Waals surface area contributed by atoms with Gasteiger partial charge in [0, 0.05) is 18.5 Å². The van der Waals surface area contributed by atoms with Gasteiger partial charge in [-0.05, 0) is 61.9 Å². The number of nitrogens with zero attached hydrogens (tertiary/aromatic N) is 2. The fraction of sp³-hybridized carbons (Fsp3) is 0.394. The number of benzene rings is 3. The number of aryl methyl sites for hydroxylation is 1.